The van der Waals surface area contributed by atoms with E-state index in [9.17, 15) is 9.90 Å². The first-order valence-corrected chi connectivity index (χ1v) is 11.5. The average molecular weight is 432 g/mol. The summed E-state index contributed by atoms with van der Waals surface area (Å²) in [6.45, 7) is 1.99. The molecule has 0 bridgehead atoms. The zero-order valence-corrected chi connectivity index (χ0v) is 18.6. The molecule has 3 atom stereocenters. The highest BCUT2D eigenvalue weighted by Crippen LogP contribution is 2.39. The fourth-order valence-corrected chi connectivity index (χ4v) is 4.81. The van der Waals surface area contributed by atoms with Crippen molar-refractivity contribution in [1.29, 1.82) is 0 Å². The van der Waals surface area contributed by atoms with Crippen LogP contribution in [0.1, 0.15) is 54.8 Å². The lowest BCUT2D eigenvalue weighted by Crippen LogP contribution is -2.33. The summed E-state index contributed by atoms with van der Waals surface area (Å²) in [5, 5.41) is 15.8. The van der Waals surface area contributed by atoms with Crippen molar-refractivity contribution in [3.8, 4) is 0 Å². The normalized spacial score (nSPS) is 24.0. The maximum Gasteiger partial charge on any atom is 0.250 e. The molecule has 2 aliphatic carbocycles. The Balaban J connectivity index is 1.42. The van der Waals surface area contributed by atoms with Crippen LogP contribution in [-0.2, 0) is 11.9 Å². The van der Waals surface area contributed by atoms with Gasteiger partial charge >= 0.3 is 0 Å². The Bertz CT molecular complexity index is 1210. The zero-order valence-electron chi connectivity index (χ0n) is 18.6. The molecule has 32 heavy (non-hydrogen) atoms. The number of oxime groups is 1. The van der Waals surface area contributed by atoms with E-state index in [1.54, 1.807) is 23.7 Å². The predicted molar refractivity (Wildman–Crippen MR) is 125 cm³/mol. The number of aromatic nitrogens is 2. The third kappa shape index (κ3) is 4.07. The van der Waals surface area contributed by atoms with Crippen molar-refractivity contribution in [2.45, 2.75) is 57.2 Å². The van der Waals surface area contributed by atoms with Crippen LogP contribution in [0.4, 0.5) is 0 Å². The van der Waals surface area contributed by atoms with Crippen molar-refractivity contribution in [3.05, 3.63) is 75.7 Å². The molecule has 1 aromatic carbocycles. The molecule has 0 spiro atoms. The first kappa shape index (κ1) is 20.9. The van der Waals surface area contributed by atoms with E-state index >= 15 is 0 Å². The smallest absolute Gasteiger partial charge is 0.250 e. The Labute approximate surface area is 187 Å². The first-order chi connectivity index (χ1) is 15.5. The Kier molecular flexibility index (Phi) is 5.55. The Morgan fingerprint density at radius 2 is 1.91 bits per heavy atom. The molecule has 166 valence electrons. The molecule has 1 N–H and O–H groups in total. The number of pyridine rings is 2. The molecular formula is C26H29N3O3. The van der Waals surface area contributed by atoms with Gasteiger partial charge in [-0.15, -0.1) is 0 Å². The summed E-state index contributed by atoms with van der Waals surface area (Å²) in [6.07, 6.45) is 4.23. The van der Waals surface area contributed by atoms with Crippen molar-refractivity contribution in [2.24, 2.45) is 18.1 Å². The molecule has 0 saturated heterocycles. The average Bonchev–Trinajstić information content (AvgIpc) is 3.62. The number of rotatable bonds is 5. The van der Waals surface area contributed by atoms with Gasteiger partial charge in [-0.05, 0) is 62.3 Å². The van der Waals surface area contributed by atoms with Gasteiger partial charge in [-0.2, -0.15) is 0 Å². The van der Waals surface area contributed by atoms with Crippen LogP contribution in [0.15, 0.2) is 58.5 Å². The summed E-state index contributed by atoms with van der Waals surface area (Å²) >= 11 is 0. The highest BCUT2D eigenvalue weighted by Gasteiger charge is 2.35. The van der Waals surface area contributed by atoms with Crippen LogP contribution < -0.4 is 5.56 Å². The number of aryl methyl sites for hydroxylation is 2. The summed E-state index contributed by atoms with van der Waals surface area (Å²) in [5.41, 5.74) is 5.47. The fraction of sp³-hybridized carbons (Fsp3) is 0.423. The second kappa shape index (κ2) is 8.51. The Morgan fingerprint density at radius 1 is 1.12 bits per heavy atom. The molecule has 0 amide bonds. The Hall–Kier alpha value is -2.99. The maximum atomic E-state index is 12.1. The highest BCUT2D eigenvalue weighted by molar-refractivity contribution is 6.02. The van der Waals surface area contributed by atoms with Gasteiger partial charge in [0.15, 0.2) is 0 Å². The van der Waals surface area contributed by atoms with Gasteiger partial charge in [-0.3, -0.25) is 9.78 Å². The molecule has 2 heterocycles. The molecule has 3 aromatic rings. The van der Waals surface area contributed by atoms with Gasteiger partial charge in [0.05, 0.1) is 22.8 Å². The number of aliphatic hydroxyl groups excluding tert-OH is 1. The first-order valence-electron chi connectivity index (χ1n) is 11.5. The summed E-state index contributed by atoms with van der Waals surface area (Å²) < 4.78 is 1.62. The standard InChI is InChI=1S/C26H29N3O3/c1-16-21(15-23-22(27-16)12-13-25(31)29(23)2)20-11-8-18(14-24(20)30)26(28-32-19-9-10-19)17-6-4-3-5-7-17/h3-7,12-13,15,18-20,24,30H,8-11,14H2,1-2H3/b28-26+/t18-,20+,24+/m0/s1. The fourth-order valence-electron chi connectivity index (χ4n) is 4.81. The quantitative estimate of drug-likeness (QED) is 0.488. The number of fused-ring (bicyclic) bond motifs is 1. The van der Waals surface area contributed by atoms with Gasteiger partial charge in [0, 0.05) is 30.6 Å². The van der Waals surface area contributed by atoms with Crippen molar-refractivity contribution < 1.29 is 9.94 Å². The van der Waals surface area contributed by atoms with E-state index < -0.39 is 6.10 Å². The molecule has 6 nitrogen and oxygen atoms in total. The molecule has 2 saturated carbocycles. The van der Waals surface area contributed by atoms with Crippen LogP contribution in [0.2, 0.25) is 0 Å². The Morgan fingerprint density at radius 3 is 2.62 bits per heavy atom. The number of hydrogen-bond donors (Lipinski definition) is 1. The minimum Gasteiger partial charge on any atom is -0.392 e. The lowest BCUT2D eigenvalue weighted by molar-refractivity contribution is 0.0894. The minimum absolute atomic E-state index is 0.0140. The van der Waals surface area contributed by atoms with Crippen molar-refractivity contribution in [2.75, 3.05) is 0 Å². The van der Waals surface area contributed by atoms with Crippen molar-refractivity contribution in [3.63, 3.8) is 0 Å². The molecule has 6 heteroatoms. The second-order valence-electron chi connectivity index (χ2n) is 9.13. The molecule has 0 radical (unpaired) electrons. The van der Waals surface area contributed by atoms with E-state index in [1.165, 1.54) is 0 Å². The van der Waals surface area contributed by atoms with Gasteiger partial charge in [-0.25, -0.2) is 0 Å². The van der Waals surface area contributed by atoms with E-state index in [-0.39, 0.29) is 23.5 Å². The molecule has 0 unspecified atom stereocenters. The number of nitrogens with zero attached hydrogens (tertiary/aromatic N) is 3. The summed E-state index contributed by atoms with van der Waals surface area (Å²) in [5.74, 6) is 0.125. The molecule has 2 fully saturated rings. The van der Waals surface area contributed by atoms with Gasteiger partial charge in [0.25, 0.3) is 5.56 Å². The third-order valence-electron chi connectivity index (χ3n) is 6.83. The molecule has 2 aliphatic rings. The predicted octanol–water partition coefficient (Wildman–Crippen LogP) is 4.07. The van der Waals surface area contributed by atoms with Crippen LogP contribution in [0, 0.1) is 12.8 Å². The highest BCUT2D eigenvalue weighted by atomic mass is 16.6. The summed E-state index contributed by atoms with van der Waals surface area (Å²) in [6, 6.07) is 15.5. The van der Waals surface area contributed by atoms with Crippen LogP contribution >= 0.6 is 0 Å². The van der Waals surface area contributed by atoms with E-state index in [4.69, 9.17) is 9.82 Å². The number of aliphatic hydroxyl groups is 1. The van der Waals surface area contributed by atoms with E-state index in [0.717, 1.165) is 59.2 Å². The lowest BCUT2D eigenvalue weighted by atomic mass is 9.73. The third-order valence-corrected chi connectivity index (χ3v) is 6.83. The second-order valence-corrected chi connectivity index (χ2v) is 9.13. The van der Waals surface area contributed by atoms with Gasteiger partial charge in [0.1, 0.15) is 6.10 Å². The van der Waals surface area contributed by atoms with E-state index in [2.05, 4.69) is 17.3 Å². The maximum absolute atomic E-state index is 12.1. The molecule has 5 rings (SSSR count). The van der Waals surface area contributed by atoms with Gasteiger partial charge in [-0.1, -0.05) is 35.5 Å². The monoisotopic (exact) mass is 431 g/mol. The largest absolute Gasteiger partial charge is 0.392 e. The number of benzene rings is 1. The van der Waals surface area contributed by atoms with Gasteiger partial charge < -0.3 is 14.5 Å². The van der Waals surface area contributed by atoms with Gasteiger partial charge in [0.2, 0.25) is 0 Å². The zero-order chi connectivity index (χ0) is 22.2. The topological polar surface area (TPSA) is 76.7 Å². The molecule has 2 aromatic heterocycles. The lowest BCUT2D eigenvalue weighted by Gasteiger charge is -2.34. The van der Waals surface area contributed by atoms with Crippen LogP contribution in [0.25, 0.3) is 11.0 Å². The summed E-state index contributed by atoms with van der Waals surface area (Å²) in [4.78, 5) is 22.6. The minimum atomic E-state index is -0.512. The summed E-state index contributed by atoms with van der Waals surface area (Å²) in [7, 11) is 1.77. The van der Waals surface area contributed by atoms with Crippen LogP contribution in [0.3, 0.4) is 0 Å². The molecular weight excluding hydrogens is 402 g/mol. The van der Waals surface area contributed by atoms with Crippen LogP contribution in [-0.4, -0.2) is 32.6 Å². The van der Waals surface area contributed by atoms with E-state index in [0.29, 0.717) is 6.42 Å². The van der Waals surface area contributed by atoms with Crippen molar-refractivity contribution >= 4 is 16.7 Å². The molecule has 0 aliphatic heterocycles. The SMILES string of the molecule is Cc1nc2ccc(=O)n(C)c2cc1[C@H]1CC[C@H](/C(=N/OC2CC2)c2ccccc2)C[C@H]1O. The van der Waals surface area contributed by atoms with Crippen LogP contribution in [0.5, 0.6) is 0 Å². The van der Waals surface area contributed by atoms with Crippen molar-refractivity contribution in [1.82, 2.24) is 9.55 Å². The van der Waals surface area contributed by atoms with E-state index in [1.807, 2.05) is 31.2 Å². The number of hydrogen-bond acceptors (Lipinski definition) is 5.